The number of allylic oxidation sites excluding steroid dienone is 1. The molecule has 0 aromatic carbocycles. The van der Waals surface area contributed by atoms with Crippen LogP contribution in [-0.4, -0.2) is 11.7 Å². The van der Waals surface area contributed by atoms with Crippen molar-refractivity contribution in [2.45, 2.75) is 19.8 Å². The molecule has 0 aliphatic carbocycles. The Labute approximate surface area is 59.6 Å². The van der Waals surface area contributed by atoms with E-state index in [2.05, 4.69) is 4.99 Å². The van der Waals surface area contributed by atoms with E-state index in [0.717, 1.165) is 12.0 Å². The summed E-state index contributed by atoms with van der Waals surface area (Å²) in [5.41, 5.74) is 6.43. The predicted octanol–water partition coefficient (Wildman–Crippen LogP) is 0.610. The molecule has 0 aromatic rings. The van der Waals surface area contributed by atoms with Gasteiger partial charge in [-0.15, -0.1) is 0 Å². The lowest BCUT2D eigenvalue weighted by Crippen LogP contribution is -2.21. The first-order valence-corrected chi connectivity index (χ1v) is 3.26. The third-order valence-electron chi connectivity index (χ3n) is 1.53. The zero-order valence-corrected chi connectivity index (χ0v) is 5.92. The molecule has 1 aliphatic rings. The lowest BCUT2D eigenvalue weighted by molar-refractivity contribution is -0.117. The van der Waals surface area contributed by atoms with Crippen LogP contribution < -0.4 is 5.73 Å². The number of nitrogens with zero attached hydrogens (tertiary/aromatic N) is 1. The first-order chi connectivity index (χ1) is 4.74. The van der Waals surface area contributed by atoms with Gasteiger partial charge in [-0.05, 0) is 18.9 Å². The van der Waals surface area contributed by atoms with E-state index in [4.69, 9.17) is 5.73 Å². The first-order valence-electron chi connectivity index (χ1n) is 3.26. The molecule has 54 valence electrons. The van der Waals surface area contributed by atoms with Gasteiger partial charge in [0, 0.05) is 6.42 Å². The molecule has 2 N–H and O–H groups in total. The maximum absolute atomic E-state index is 10.6. The van der Waals surface area contributed by atoms with Crippen LogP contribution >= 0.6 is 0 Å². The highest BCUT2D eigenvalue weighted by atomic mass is 16.1. The smallest absolute Gasteiger partial charge is 0.247 e. The van der Waals surface area contributed by atoms with Crippen molar-refractivity contribution in [1.29, 1.82) is 0 Å². The van der Waals surface area contributed by atoms with Crippen molar-refractivity contribution in [2.75, 3.05) is 0 Å². The third kappa shape index (κ3) is 1.23. The van der Waals surface area contributed by atoms with Crippen molar-refractivity contribution in [3.63, 3.8) is 0 Å². The minimum atomic E-state index is -0.108. The molecule has 1 aliphatic heterocycles. The van der Waals surface area contributed by atoms with E-state index < -0.39 is 0 Å². The lowest BCUT2D eigenvalue weighted by Gasteiger charge is -2.09. The number of carbonyl (C=O) groups excluding carboxylic acids is 1. The largest absolute Gasteiger partial charge is 0.383 e. The Morgan fingerprint density at radius 2 is 2.30 bits per heavy atom. The molecule has 0 bridgehead atoms. The zero-order valence-electron chi connectivity index (χ0n) is 5.92. The summed E-state index contributed by atoms with van der Waals surface area (Å²) < 4.78 is 0. The quantitative estimate of drug-likeness (QED) is 0.533. The van der Waals surface area contributed by atoms with Crippen molar-refractivity contribution in [1.82, 2.24) is 0 Å². The Kier molecular flexibility index (Phi) is 1.85. The molecule has 10 heavy (non-hydrogen) atoms. The number of amides is 1. The van der Waals surface area contributed by atoms with Crippen LogP contribution in [0.4, 0.5) is 0 Å². The molecular formula is C7H10N2O. The Morgan fingerprint density at radius 1 is 1.60 bits per heavy atom. The minimum Gasteiger partial charge on any atom is -0.383 e. The molecule has 0 unspecified atom stereocenters. The summed E-state index contributed by atoms with van der Waals surface area (Å²) in [6.07, 6.45) is 3.14. The Bertz CT molecular complexity index is 216. The highest BCUT2D eigenvalue weighted by Gasteiger charge is 2.12. The number of nitrogens with two attached hydrogens (primary N) is 1. The fraction of sp³-hybridized carbons (Fsp3) is 0.429. The van der Waals surface area contributed by atoms with Gasteiger partial charge >= 0.3 is 0 Å². The van der Waals surface area contributed by atoms with Gasteiger partial charge in [-0.1, -0.05) is 6.08 Å². The summed E-state index contributed by atoms with van der Waals surface area (Å²) in [5.74, 6) is 0.279. The Morgan fingerprint density at radius 3 is 2.80 bits per heavy atom. The van der Waals surface area contributed by atoms with Crippen LogP contribution in [0.5, 0.6) is 0 Å². The average molecular weight is 138 g/mol. The van der Waals surface area contributed by atoms with E-state index in [1.165, 1.54) is 0 Å². The van der Waals surface area contributed by atoms with Crippen molar-refractivity contribution >= 4 is 11.7 Å². The van der Waals surface area contributed by atoms with E-state index in [9.17, 15) is 4.79 Å². The second-order valence-corrected chi connectivity index (χ2v) is 2.20. The molecule has 0 aromatic heterocycles. The molecule has 1 heterocycles. The summed E-state index contributed by atoms with van der Waals surface area (Å²) in [4.78, 5) is 14.3. The average Bonchev–Trinajstić information content (AvgIpc) is 1.88. The number of amidine groups is 1. The van der Waals surface area contributed by atoms with E-state index in [1.54, 1.807) is 0 Å². The van der Waals surface area contributed by atoms with Gasteiger partial charge in [0.1, 0.15) is 5.84 Å². The molecule has 0 radical (unpaired) electrons. The fourth-order valence-electron chi connectivity index (χ4n) is 0.924. The molecular weight excluding hydrogens is 128 g/mol. The van der Waals surface area contributed by atoms with E-state index in [1.807, 2.05) is 13.0 Å². The molecule has 1 rings (SSSR count). The van der Waals surface area contributed by atoms with Gasteiger partial charge in [-0.25, -0.2) is 0 Å². The molecule has 0 fully saturated rings. The first kappa shape index (κ1) is 6.99. The van der Waals surface area contributed by atoms with Crippen LogP contribution in [0, 0.1) is 0 Å². The van der Waals surface area contributed by atoms with Crippen LogP contribution in [0.2, 0.25) is 0 Å². The van der Waals surface area contributed by atoms with Crippen molar-refractivity contribution < 1.29 is 4.79 Å². The Balaban J connectivity index is 2.87. The minimum absolute atomic E-state index is 0.108. The number of hydrogen-bond acceptors (Lipinski definition) is 2. The summed E-state index contributed by atoms with van der Waals surface area (Å²) >= 11 is 0. The van der Waals surface area contributed by atoms with Gasteiger partial charge < -0.3 is 5.73 Å². The lowest BCUT2D eigenvalue weighted by atomic mass is 10.1. The number of aliphatic imine (C=N–C) groups is 1. The summed E-state index contributed by atoms with van der Waals surface area (Å²) in [5, 5.41) is 0. The predicted molar refractivity (Wildman–Crippen MR) is 39.6 cm³/mol. The van der Waals surface area contributed by atoms with Gasteiger partial charge in [-0.3, -0.25) is 4.79 Å². The standard InChI is InChI=1S/C7H10N2O/c1-2-5-3-4-6(10)9-7(5)8/h2H,3-4H2,1H3,(H2,8,9,10)/b5-2-. The maximum Gasteiger partial charge on any atom is 0.247 e. The second-order valence-electron chi connectivity index (χ2n) is 2.20. The fourth-order valence-corrected chi connectivity index (χ4v) is 0.924. The second kappa shape index (κ2) is 2.64. The van der Waals surface area contributed by atoms with Crippen LogP contribution in [0.25, 0.3) is 0 Å². The zero-order chi connectivity index (χ0) is 7.56. The van der Waals surface area contributed by atoms with Gasteiger partial charge in [0.25, 0.3) is 0 Å². The highest BCUT2D eigenvalue weighted by Crippen LogP contribution is 2.11. The van der Waals surface area contributed by atoms with Gasteiger partial charge in [0.15, 0.2) is 0 Å². The molecule has 3 nitrogen and oxygen atoms in total. The van der Waals surface area contributed by atoms with Crippen LogP contribution in [0.1, 0.15) is 19.8 Å². The van der Waals surface area contributed by atoms with Gasteiger partial charge in [0.05, 0.1) is 0 Å². The topological polar surface area (TPSA) is 55.5 Å². The third-order valence-corrected chi connectivity index (χ3v) is 1.53. The molecule has 1 amide bonds. The summed E-state index contributed by atoms with van der Waals surface area (Å²) in [6, 6.07) is 0. The SMILES string of the molecule is C/C=C1/CCC(=O)N=C1N. The normalized spacial score (nSPS) is 23.1. The Hall–Kier alpha value is -1.12. The molecule has 0 saturated heterocycles. The molecule has 0 spiro atoms. The van der Waals surface area contributed by atoms with Gasteiger partial charge in [-0.2, -0.15) is 4.99 Å². The van der Waals surface area contributed by atoms with Crippen LogP contribution in [-0.2, 0) is 4.79 Å². The maximum atomic E-state index is 10.6. The van der Waals surface area contributed by atoms with Crippen LogP contribution in [0.15, 0.2) is 16.6 Å². The van der Waals surface area contributed by atoms with E-state index in [-0.39, 0.29) is 5.91 Å². The summed E-state index contributed by atoms with van der Waals surface area (Å²) in [7, 11) is 0. The highest BCUT2D eigenvalue weighted by molar-refractivity contribution is 6.06. The molecule has 3 heteroatoms. The number of rotatable bonds is 0. The van der Waals surface area contributed by atoms with Gasteiger partial charge in [0.2, 0.25) is 5.91 Å². The van der Waals surface area contributed by atoms with Crippen molar-refractivity contribution in [2.24, 2.45) is 10.7 Å². The van der Waals surface area contributed by atoms with E-state index in [0.29, 0.717) is 12.3 Å². The summed E-state index contributed by atoms with van der Waals surface area (Å²) in [6.45, 7) is 1.90. The van der Waals surface area contributed by atoms with Crippen molar-refractivity contribution in [3.05, 3.63) is 11.6 Å². The number of hydrogen-bond donors (Lipinski definition) is 1. The number of carbonyl (C=O) groups is 1. The monoisotopic (exact) mass is 138 g/mol. The molecule has 0 saturated carbocycles. The van der Waals surface area contributed by atoms with Crippen molar-refractivity contribution in [3.8, 4) is 0 Å². The molecule has 0 atom stereocenters. The van der Waals surface area contributed by atoms with E-state index >= 15 is 0 Å². The van der Waals surface area contributed by atoms with Crippen LogP contribution in [0.3, 0.4) is 0 Å².